The number of hydrogen-bond acceptors (Lipinski definition) is 4. The van der Waals surface area contributed by atoms with Crippen LogP contribution >= 0.6 is 11.8 Å². The summed E-state index contributed by atoms with van der Waals surface area (Å²) in [6.07, 6.45) is 0. The van der Waals surface area contributed by atoms with Crippen molar-refractivity contribution in [2.45, 2.75) is 6.92 Å². The molecule has 0 bridgehead atoms. The van der Waals surface area contributed by atoms with Gasteiger partial charge in [0.15, 0.2) is 0 Å². The highest BCUT2D eigenvalue weighted by Crippen LogP contribution is 2.10. The van der Waals surface area contributed by atoms with Crippen LogP contribution in [0.3, 0.4) is 0 Å². The Labute approximate surface area is 83.2 Å². The van der Waals surface area contributed by atoms with E-state index < -0.39 is 0 Å². The fraction of sp³-hybridized carbons (Fsp3) is 0.875. The summed E-state index contributed by atoms with van der Waals surface area (Å²) >= 11 is 1.97. The zero-order chi connectivity index (χ0) is 9.68. The van der Waals surface area contributed by atoms with Gasteiger partial charge in [-0.2, -0.15) is 11.8 Å². The van der Waals surface area contributed by atoms with Crippen molar-refractivity contribution in [2.75, 3.05) is 31.1 Å². The molecule has 1 aliphatic heterocycles. The SMILES string of the molecule is CC(CN1CCSCC1)C(=O)NN. The molecule has 0 spiro atoms. The zero-order valence-electron chi connectivity index (χ0n) is 7.95. The Morgan fingerprint density at radius 2 is 2.23 bits per heavy atom. The molecule has 13 heavy (non-hydrogen) atoms. The van der Waals surface area contributed by atoms with Gasteiger partial charge in [-0.05, 0) is 0 Å². The summed E-state index contributed by atoms with van der Waals surface area (Å²) in [6.45, 7) is 4.91. The van der Waals surface area contributed by atoms with Crippen molar-refractivity contribution in [3.8, 4) is 0 Å². The van der Waals surface area contributed by atoms with Crippen LogP contribution in [0.25, 0.3) is 0 Å². The number of hydrogen-bond donors (Lipinski definition) is 2. The first-order chi connectivity index (χ1) is 6.24. The van der Waals surface area contributed by atoms with Gasteiger partial charge < -0.3 is 4.90 Å². The third kappa shape index (κ3) is 3.54. The Morgan fingerprint density at radius 3 is 2.77 bits per heavy atom. The minimum atomic E-state index is -0.0711. The van der Waals surface area contributed by atoms with Crippen LogP contribution in [0.15, 0.2) is 0 Å². The van der Waals surface area contributed by atoms with Crippen LogP contribution in [-0.2, 0) is 4.79 Å². The van der Waals surface area contributed by atoms with Crippen LogP contribution in [0.1, 0.15) is 6.92 Å². The number of carbonyl (C=O) groups excluding carboxylic acids is 1. The van der Waals surface area contributed by atoms with E-state index in [0.717, 1.165) is 19.6 Å². The largest absolute Gasteiger partial charge is 0.301 e. The van der Waals surface area contributed by atoms with E-state index in [0.29, 0.717) is 0 Å². The van der Waals surface area contributed by atoms with E-state index in [1.54, 1.807) is 0 Å². The first kappa shape index (κ1) is 10.8. The van der Waals surface area contributed by atoms with Gasteiger partial charge in [0.05, 0.1) is 0 Å². The molecule has 4 nitrogen and oxygen atoms in total. The van der Waals surface area contributed by atoms with E-state index in [9.17, 15) is 4.79 Å². The highest BCUT2D eigenvalue weighted by Gasteiger charge is 2.17. The maximum absolute atomic E-state index is 11.1. The fourth-order valence-electron chi connectivity index (χ4n) is 1.40. The summed E-state index contributed by atoms with van der Waals surface area (Å²) in [6, 6.07) is 0. The Morgan fingerprint density at radius 1 is 1.62 bits per heavy atom. The second kappa shape index (κ2) is 5.47. The predicted molar refractivity (Wildman–Crippen MR) is 55.3 cm³/mol. The summed E-state index contributed by atoms with van der Waals surface area (Å²) in [4.78, 5) is 13.4. The minimum Gasteiger partial charge on any atom is -0.301 e. The van der Waals surface area contributed by atoms with E-state index in [4.69, 9.17) is 5.84 Å². The Balaban J connectivity index is 2.25. The molecule has 0 aliphatic carbocycles. The first-order valence-electron chi connectivity index (χ1n) is 4.54. The molecule has 1 fully saturated rings. The molecule has 1 atom stereocenters. The first-order valence-corrected chi connectivity index (χ1v) is 5.70. The van der Waals surface area contributed by atoms with Crippen LogP contribution in [0.4, 0.5) is 0 Å². The van der Waals surface area contributed by atoms with Crippen molar-refractivity contribution in [3.05, 3.63) is 0 Å². The molecular formula is C8H17N3OS. The van der Waals surface area contributed by atoms with Crippen molar-refractivity contribution in [2.24, 2.45) is 11.8 Å². The number of thioether (sulfide) groups is 1. The van der Waals surface area contributed by atoms with Gasteiger partial charge in [0.1, 0.15) is 0 Å². The molecule has 1 unspecified atom stereocenters. The van der Waals surface area contributed by atoms with Crippen molar-refractivity contribution < 1.29 is 4.79 Å². The van der Waals surface area contributed by atoms with E-state index in [-0.39, 0.29) is 11.8 Å². The lowest BCUT2D eigenvalue weighted by atomic mass is 10.1. The van der Waals surface area contributed by atoms with Crippen LogP contribution in [0.2, 0.25) is 0 Å². The second-order valence-corrected chi connectivity index (χ2v) is 4.55. The summed E-state index contributed by atoms with van der Waals surface area (Å²) in [5, 5.41) is 0. The molecule has 76 valence electrons. The number of carbonyl (C=O) groups is 1. The van der Waals surface area contributed by atoms with Gasteiger partial charge in [-0.3, -0.25) is 10.2 Å². The molecule has 0 aromatic carbocycles. The van der Waals surface area contributed by atoms with Crippen LogP contribution in [0.5, 0.6) is 0 Å². The van der Waals surface area contributed by atoms with Crippen molar-refractivity contribution in [1.82, 2.24) is 10.3 Å². The third-order valence-corrected chi connectivity index (χ3v) is 3.17. The number of nitrogens with two attached hydrogens (primary N) is 1. The number of nitrogens with one attached hydrogen (secondary N) is 1. The van der Waals surface area contributed by atoms with Gasteiger partial charge >= 0.3 is 0 Å². The molecule has 0 saturated carbocycles. The Bertz CT molecular complexity index is 171. The molecule has 0 radical (unpaired) electrons. The van der Waals surface area contributed by atoms with Crippen LogP contribution in [-0.4, -0.2) is 41.9 Å². The topological polar surface area (TPSA) is 58.4 Å². The van der Waals surface area contributed by atoms with Crippen molar-refractivity contribution in [3.63, 3.8) is 0 Å². The molecule has 1 rings (SSSR count). The standard InChI is InChI=1S/C8H17N3OS/c1-7(8(12)10-9)6-11-2-4-13-5-3-11/h7H,2-6,9H2,1H3,(H,10,12). The number of rotatable bonds is 3. The molecule has 0 aromatic heterocycles. The number of amides is 1. The van der Waals surface area contributed by atoms with Crippen LogP contribution in [0, 0.1) is 5.92 Å². The molecule has 1 saturated heterocycles. The molecule has 0 aromatic rings. The predicted octanol–water partition coefficient (Wildman–Crippen LogP) is -0.339. The quantitative estimate of drug-likeness (QED) is 0.374. The van der Waals surface area contributed by atoms with Gasteiger partial charge in [0.25, 0.3) is 0 Å². The number of nitrogens with zero attached hydrogens (tertiary/aromatic N) is 1. The van der Waals surface area contributed by atoms with Gasteiger partial charge in [0, 0.05) is 37.1 Å². The maximum Gasteiger partial charge on any atom is 0.237 e. The van der Waals surface area contributed by atoms with Gasteiger partial charge in [-0.15, -0.1) is 0 Å². The molecule has 1 aliphatic rings. The maximum atomic E-state index is 11.1. The van der Waals surface area contributed by atoms with Crippen molar-refractivity contribution in [1.29, 1.82) is 0 Å². The lowest BCUT2D eigenvalue weighted by Gasteiger charge is -2.28. The summed E-state index contributed by atoms with van der Waals surface area (Å²) in [5.41, 5.74) is 2.18. The van der Waals surface area contributed by atoms with E-state index >= 15 is 0 Å². The average molecular weight is 203 g/mol. The van der Waals surface area contributed by atoms with Crippen LogP contribution < -0.4 is 11.3 Å². The molecule has 1 heterocycles. The van der Waals surface area contributed by atoms with E-state index in [1.807, 2.05) is 18.7 Å². The summed E-state index contributed by atoms with van der Waals surface area (Å²) < 4.78 is 0. The molecule has 1 amide bonds. The smallest absolute Gasteiger partial charge is 0.237 e. The number of hydrazine groups is 1. The average Bonchev–Trinajstić information content (AvgIpc) is 2.18. The normalized spacial score (nSPS) is 21.1. The molecule has 3 N–H and O–H groups in total. The Kier molecular flexibility index (Phi) is 4.55. The summed E-state index contributed by atoms with van der Waals surface area (Å²) in [7, 11) is 0. The molecular weight excluding hydrogens is 186 g/mol. The third-order valence-electron chi connectivity index (χ3n) is 2.23. The monoisotopic (exact) mass is 203 g/mol. The lowest BCUT2D eigenvalue weighted by Crippen LogP contribution is -2.42. The van der Waals surface area contributed by atoms with E-state index in [1.165, 1.54) is 11.5 Å². The van der Waals surface area contributed by atoms with Crippen molar-refractivity contribution >= 4 is 17.7 Å². The van der Waals surface area contributed by atoms with Gasteiger partial charge in [-0.25, -0.2) is 5.84 Å². The second-order valence-electron chi connectivity index (χ2n) is 3.32. The van der Waals surface area contributed by atoms with Gasteiger partial charge in [-0.1, -0.05) is 6.92 Å². The highest BCUT2D eigenvalue weighted by molar-refractivity contribution is 7.99. The lowest BCUT2D eigenvalue weighted by molar-refractivity contribution is -0.125. The molecule has 5 heteroatoms. The fourth-order valence-corrected chi connectivity index (χ4v) is 2.37. The summed E-state index contributed by atoms with van der Waals surface area (Å²) in [5.74, 6) is 7.33. The van der Waals surface area contributed by atoms with Gasteiger partial charge in [0.2, 0.25) is 5.91 Å². The van der Waals surface area contributed by atoms with E-state index in [2.05, 4.69) is 10.3 Å². The zero-order valence-corrected chi connectivity index (χ0v) is 8.77. The highest BCUT2D eigenvalue weighted by atomic mass is 32.2. The Hall–Kier alpha value is -0.260. The minimum absolute atomic E-state index is 0.00639.